The second-order valence-electron chi connectivity index (χ2n) is 8.11. The monoisotopic (exact) mass is 398 g/mol. The van der Waals surface area contributed by atoms with Crippen molar-refractivity contribution in [2.75, 3.05) is 14.1 Å². The molecule has 0 radical (unpaired) electrons. The van der Waals surface area contributed by atoms with Gasteiger partial charge in [0.2, 0.25) is 0 Å². The molecular formula is C24H25F3N2. The molecule has 2 aromatic carbocycles. The average molecular weight is 398 g/mol. The minimum absolute atomic E-state index is 0.0614. The van der Waals surface area contributed by atoms with Gasteiger partial charge in [-0.1, -0.05) is 36.4 Å². The third kappa shape index (κ3) is 3.38. The summed E-state index contributed by atoms with van der Waals surface area (Å²) >= 11 is 0. The van der Waals surface area contributed by atoms with Gasteiger partial charge in [-0.3, -0.25) is 4.90 Å². The van der Waals surface area contributed by atoms with E-state index in [9.17, 15) is 13.2 Å². The van der Waals surface area contributed by atoms with Crippen molar-refractivity contribution in [3.05, 3.63) is 77.0 Å². The minimum Gasteiger partial charge on any atom is -0.355 e. The number of benzene rings is 2. The molecule has 0 saturated carbocycles. The van der Waals surface area contributed by atoms with E-state index in [-0.39, 0.29) is 5.54 Å². The first kappa shape index (κ1) is 19.8. The van der Waals surface area contributed by atoms with Crippen LogP contribution < -0.4 is 0 Å². The summed E-state index contributed by atoms with van der Waals surface area (Å²) in [5.41, 5.74) is 4.40. The van der Waals surface area contributed by atoms with Crippen LogP contribution in [0.5, 0.6) is 0 Å². The molecule has 3 aromatic rings. The molecule has 2 nitrogen and oxygen atoms in total. The molecule has 0 spiro atoms. The van der Waals surface area contributed by atoms with Crippen molar-refractivity contribution in [2.24, 2.45) is 0 Å². The Morgan fingerprint density at radius 3 is 2.34 bits per heavy atom. The van der Waals surface area contributed by atoms with Crippen LogP contribution in [0.1, 0.15) is 41.6 Å². The normalized spacial score (nSPS) is 20.3. The van der Waals surface area contributed by atoms with Gasteiger partial charge in [0.25, 0.3) is 0 Å². The number of hydrogen-bond donors (Lipinski definition) is 1. The van der Waals surface area contributed by atoms with Crippen LogP contribution >= 0.6 is 0 Å². The number of halogens is 3. The zero-order chi connectivity index (χ0) is 20.8. The molecule has 1 aliphatic rings. The van der Waals surface area contributed by atoms with Crippen LogP contribution in [0.25, 0.3) is 16.5 Å². The predicted octanol–water partition coefficient (Wildman–Crippen LogP) is 6.52. The third-order valence-electron chi connectivity index (χ3n) is 6.37. The fourth-order valence-corrected chi connectivity index (χ4v) is 4.56. The molecule has 152 valence electrons. The Kier molecular flexibility index (Phi) is 4.82. The fourth-order valence-electron chi connectivity index (χ4n) is 4.56. The zero-order valence-electron chi connectivity index (χ0n) is 16.9. The molecule has 5 heteroatoms. The largest absolute Gasteiger partial charge is 0.416 e. The third-order valence-corrected chi connectivity index (χ3v) is 6.37. The van der Waals surface area contributed by atoms with Crippen LogP contribution in [0.2, 0.25) is 0 Å². The number of allylic oxidation sites excluding steroid dienone is 1. The first-order valence-corrected chi connectivity index (χ1v) is 9.84. The van der Waals surface area contributed by atoms with Gasteiger partial charge in [-0.25, -0.2) is 0 Å². The van der Waals surface area contributed by atoms with Crippen LogP contribution in [-0.4, -0.2) is 24.0 Å². The van der Waals surface area contributed by atoms with Gasteiger partial charge in [0, 0.05) is 22.1 Å². The SMILES string of the molecule is Cc1c(C2=CCC(c3ccccc3)(N(C)C)CC2)[nH]c2ccc(C(F)(F)F)cc12. The van der Waals surface area contributed by atoms with E-state index in [1.165, 1.54) is 23.3 Å². The quantitative estimate of drug-likeness (QED) is 0.532. The van der Waals surface area contributed by atoms with Gasteiger partial charge in [0.15, 0.2) is 0 Å². The maximum atomic E-state index is 13.1. The van der Waals surface area contributed by atoms with E-state index in [1.54, 1.807) is 0 Å². The number of fused-ring (bicyclic) bond motifs is 1. The molecule has 0 fully saturated rings. The number of aryl methyl sites for hydroxylation is 1. The van der Waals surface area contributed by atoms with Gasteiger partial charge in [0.1, 0.15) is 0 Å². The van der Waals surface area contributed by atoms with E-state index in [1.807, 2.05) is 13.0 Å². The van der Waals surface area contributed by atoms with Gasteiger partial charge in [0.05, 0.1) is 5.56 Å². The van der Waals surface area contributed by atoms with Crippen LogP contribution in [0, 0.1) is 6.92 Å². The van der Waals surface area contributed by atoms with Crippen LogP contribution in [0.3, 0.4) is 0 Å². The highest BCUT2D eigenvalue weighted by Gasteiger charge is 2.36. The Bertz CT molecular complexity index is 1060. The van der Waals surface area contributed by atoms with Crippen molar-refractivity contribution in [2.45, 2.75) is 37.9 Å². The first-order valence-electron chi connectivity index (χ1n) is 9.84. The van der Waals surface area contributed by atoms with Crippen LogP contribution in [0.15, 0.2) is 54.6 Å². The Hall–Kier alpha value is -2.53. The molecule has 0 bridgehead atoms. The summed E-state index contributed by atoms with van der Waals surface area (Å²) in [6.45, 7) is 1.90. The lowest BCUT2D eigenvalue weighted by Gasteiger charge is -2.43. The average Bonchev–Trinajstić information content (AvgIpc) is 3.04. The number of alkyl halides is 3. The standard InChI is InChI=1S/C24H25F3N2/c1-16-20-15-19(24(25,26)27)9-10-21(20)28-22(16)17-11-13-23(14-12-17,29(2)3)18-7-5-4-6-8-18/h4-11,15,28H,12-14H2,1-3H3. The first-order chi connectivity index (χ1) is 13.7. The van der Waals surface area contributed by atoms with Gasteiger partial charge in [-0.2, -0.15) is 13.2 Å². The molecule has 0 amide bonds. The van der Waals surface area contributed by atoms with E-state index in [4.69, 9.17) is 0 Å². The molecule has 1 heterocycles. The Morgan fingerprint density at radius 2 is 1.76 bits per heavy atom. The molecule has 1 aromatic heterocycles. The highest BCUT2D eigenvalue weighted by Crippen LogP contribution is 2.44. The Balaban J connectivity index is 1.72. The second kappa shape index (κ2) is 7.06. The van der Waals surface area contributed by atoms with Crippen LogP contribution in [0.4, 0.5) is 13.2 Å². The summed E-state index contributed by atoms with van der Waals surface area (Å²) < 4.78 is 39.3. The molecule has 1 aliphatic carbocycles. The van der Waals surface area contributed by atoms with Gasteiger partial charge in [-0.05, 0) is 75.2 Å². The summed E-state index contributed by atoms with van der Waals surface area (Å²) in [5, 5.41) is 0.642. The van der Waals surface area contributed by atoms with E-state index < -0.39 is 11.7 Å². The maximum Gasteiger partial charge on any atom is 0.416 e. The molecule has 0 aliphatic heterocycles. The number of aromatic nitrogens is 1. The topological polar surface area (TPSA) is 19.0 Å². The molecule has 1 unspecified atom stereocenters. The van der Waals surface area contributed by atoms with E-state index in [0.717, 1.165) is 42.1 Å². The van der Waals surface area contributed by atoms with Crippen molar-refractivity contribution >= 4 is 16.5 Å². The predicted molar refractivity (Wildman–Crippen MR) is 112 cm³/mol. The number of rotatable bonds is 3. The number of nitrogens with one attached hydrogen (secondary N) is 1. The molecule has 1 atom stereocenters. The lowest BCUT2D eigenvalue weighted by Crippen LogP contribution is -2.42. The minimum atomic E-state index is -4.33. The smallest absolute Gasteiger partial charge is 0.355 e. The van der Waals surface area contributed by atoms with Gasteiger partial charge in [-0.15, -0.1) is 0 Å². The van der Waals surface area contributed by atoms with Crippen LogP contribution in [-0.2, 0) is 11.7 Å². The maximum absolute atomic E-state index is 13.1. The number of hydrogen-bond acceptors (Lipinski definition) is 1. The summed E-state index contributed by atoms with van der Waals surface area (Å²) in [4.78, 5) is 5.64. The molecule has 4 rings (SSSR count). The molecule has 1 N–H and O–H groups in total. The lowest BCUT2D eigenvalue weighted by atomic mass is 9.75. The molecule has 29 heavy (non-hydrogen) atoms. The van der Waals surface area contributed by atoms with E-state index >= 15 is 0 Å². The van der Waals surface area contributed by atoms with Crippen molar-refractivity contribution < 1.29 is 13.2 Å². The summed E-state index contributed by atoms with van der Waals surface area (Å²) in [6, 6.07) is 14.4. The van der Waals surface area contributed by atoms with Crippen molar-refractivity contribution in [3.63, 3.8) is 0 Å². The summed E-state index contributed by atoms with van der Waals surface area (Å²) in [5.74, 6) is 0. The molecule has 0 saturated heterocycles. The Labute approximate surface area is 169 Å². The van der Waals surface area contributed by atoms with Gasteiger partial charge < -0.3 is 4.98 Å². The number of H-pyrrole nitrogens is 1. The highest BCUT2D eigenvalue weighted by atomic mass is 19.4. The fraction of sp³-hybridized carbons (Fsp3) is 0.333. The number of aromatic amines is 1. The summed E-state index contributed by atoms with van der Waals surface area (Å²) in [7, 11) is 4.22. The van der Waals surface area contributed by atoms with E-state index in [0.29, 0.717) is 5.39 Å². The lowest BCUT2D eigenvalue weighted by molar-refractivity contribution is -0.137. The van der Waals surface area contributed by atoms with Crippen molar-refractivity contribution in [1.29, 1.82) is 0 Å². The van der Waals surface area contributed by atoms with Crippen molar-refractivity contribution in [1.82, 2.24) is 9.88 Å². The van der Waals surface area contributed by atoms with Crippen molar-refractivity contribution in [3.8, 4) is 0 Å². The second-order valence-corrected chi connectivity index (χ2v) is 8.11. The summed E-state index contributed by atoms with van der Waals surface area (Å²) in [6.07, 6.45) is 0.606. The Morgan fingerprint density at radius 1 is 1.03 bits per heavy atom. The van der Waals surface area contributed by atoms with E-state index in [2.05, 4.69) is 54.3 Å². The highest BCUT2D eigenvalue weighted by molar-refractivity contribution is 5.89. The number of nitrogens with zero attached hydrogens (tertiary/aromatic N) is 1. The zero-order valence-corrected chi connectivity index (χ0v) is 16.9. The molecular weight excluding hydrogens is 373 g/mol. The van der Waals surface area contributed by atoms with Gasteiger partial charge >= 0.3 is 6.18 Å².